The minimum absolute atomic E-state index is 0.0112. The molecule has 126 valence electrons. The van der Waals surface area contributed by atoms with Gasteiger partial charge in [-0.2, -0.15) is 0 Å². The van der Waals surface area contributed by atoms with E-state index < -0.39 is 27.6 Å². The van der Waals surface area contributed by atoms with Gasteiger partial charge in [0.25, 0.3) is 5.91 Å². The third-order valence-corrected chi connectivity index (χ3v) is 5.32. The summed E-state index contributed by atoms with van der Waals surface area (Å²) in [5.74, 6) is -1.19. The van der Waals surface area contributed by atoms with E-state index in [1.165, 1.54) is 20.3 Å². The van der Waals surface area contributed by atoms with Crippen LogP contribution in [0.25, 0.3) is 0 Å². The Bertz CT molecular complexity index is 716. The molecule has 0 unspecified atom stereocenters. The molecule has 2 N–H and O–H groups in total. The van der Waals surface area contributed by atoms with Gasteiger partial charge in [-0.1, -0.05) is 0 Å². The van der Waals surface area contributed by atoms with Crippen molar-refractivity contribution >= 4 is 21.7 Å². The Morgan fingerprint density at radius 2 is 1.91 bits per heavy atom. The van der Waals surface area contributed by atoms with Gasteiger partial charge in [-0.3, -0.25) is 20.4 Å². The normalized spacial score (nSPS) is 19.0. The van der Waals surface area contributed by atoms with E-state index in [4.69, 9.17) is 9.47 Å². The van der Waals surface area contributed by atoms with E-state index in [1.54, 1.807) is 12.1 Å². The number of rotatable bonds is 4. The number of nitrogens with one attached hydrogen (secondary N) is 2. The van der Waals surface area contributed by atoms with Gasteiger partial charge in [0.05, 0.1) is 37.2 Å². The van der Waals surface area contributed by atoms with Gasteiger partial charge in [0.15, 0.2) is 9.84 Å². The molecule has 1 saturated heterocycles. The molecule has 1 heterocycles. The number of carbonyl (C=O) groups excluding carboxylic acids is 2. The maximum Gasteiger partial charge on any atom is 0.273 e. The van der Waals surface area contributed by atoms with Gasteiger partial charge in [-0.05, 0) is 24.6 Å². The average molecular weight is 342 g/mol. The van der Waals surface area contributed by atoms with E-state index in [0.29, 0.717) is 11.5 Å². The molecule has 0 saturated carbocycles. The van der Waals surface area contributed by atoms with E-state index >= 15 is 0 Å². The molecule has 23 heavy (non-hydrogen) atoms. The molecular formula is C14H18N2O6S. The van der Waals surface area contributed by atoms with Crippen LogP contribution in [0.5, 0.6) is 11.5 Å². The predicted molar refractivity (Wildman–Crippen MR) is 81.9 cm³/mol. The number of amides is 2. The van der Waals surface area contributed by atoms with E-state index in [9.17, 15) is 18.0 Å². The van der Waals surface area contributed by atoms with Crippen LogP contribution in [0, 0.1) is 5.92 Å². The first-order valence-corrected chi connectivity index (χ1v) is 8.71. The molecular weight excluding hydrogens is 324 g/mol. The van der Waals surface area contributed by atoms with Crippen molar-refractivity contribution < 1.29 is 27.5 Å². The summed E-state index contributed by atoms with van der Waals surface area (Å²) in [7, 11) is -0.280. The molecule has 9 heteroatoms. The van der Waals surface area contributed by atoms with Crippen LogP contribution >= 0.6 is 0 Å². The van der Waals surface area contributed by atoms with Crippen molar-refractivity contribution in [1.82, 2.24) is 10.9 Å². The lowest BCUT2D eigenvalue weighted by molar-refractivity contribution is -0.125. The molecule has 0 spiro atoms. The van der Waals surface area contributed by atoms with Crippen molar-refractivity contribution in [3.8, 4) is 11.5 Å². The van der Waals surface area contributed by atoms with Crippen molar-refractivity contribution in [2.75, 3.05) is 25.7 Å². The maximum atomic E-state index is 12.2. The lowest BCUT2D eigenvalue weighted by Crippen LogP contribution is -2.44. The van der Waals surface area contributed by atoms with Gasteiger partial charge in [-0.25, -0.2) is 8.42 Å². The van der Waals surface area contributed by atoms with Crippen LogP contribution < -0.4 is 20.3 Å². The number of carbonyl (C=O) groups is 2. The fourth-order valence-corrected chi connectivity index (χ4v) is 4.02. The fraction of sp³-hybridized carbons (Fsp3) is 0.429. The first-order chi connectivity index (χ1) is 10.9. The first-order valence-electron chi connectivity index (χ1n) is 6.89. The Morgan fingerprint density at radius 1 is 1.17 bits per heavy atom. The standard InChI is InChI=1S/C14H18N2O6S/c1-21-10-3-4-12(22-2)11(7-10)14(18)16-15-13(17)9-5-6-23(19,20)8-9/h3-4,7,9H,5-6,8H2,1-2H3,(H,15,17)(H,16,18)/t9-/m0/s1. The minimum Gasteiger partial charge on any atom is -0.497 e. The highest BCUT2D eigenvalue weighted by molar-refractivity contribution is 7.91. The summed E-state index contributed by atoms with van der Waals surface area (Å²) in [5.41, 5.74) is 4.70. The Morgan fingerprint density at radius 3 is 2.48 bits per heavy atom. The Hall–Kier alpha value is -2.29. The van der Waals surface area contributed by atoms with Gasteiger partial charge in [0.2, 0.25) is 5.91 Å². The number of hydrazine groups is 1. The maximum absolute atomic E-state index is 12.2. The van der Waals surface area contributed by atoms with Crippen molar-refractivity contribution in [2.45, 2.75) is 6.42 Å². The predicted octanol–water partition coefficient (Wildman–Crippen LogP) is -0.100. The number of methoxy groups -OCH3 is 2. The number of hydrogen-bond acceptors (Lipinski definition) is 6. The molecule has 1 atom stereocenters. The van der Waals surface area contributed by atoms with Crippen LogP contribution in [0.4, 0.5) is 0 Å². The Labute approximate surface area is 134 Å². The summed E-state index contributed by atoms with van der Waals surface area (Å²) < 4.78 is 32.9. The number of benzene rings is 1. The molecule has 8 nitrogen and oxygen atoms in total. The molecule has 0 aromatic heterocycles. The molecule has 0 aliphatic carbocycles. The summed E-state index contributed by atoms with van der Waals surface area (Å²) in [4.78, 5) is 24.1. The number of sulfone groups is 1. The van der Waals surface area contributed by atoms with Gasteiger partial charge in [-0.15, -0.1) is 0 Å². The second kappa shape index (κ2) is 6.86. The second-order valence-electron chi connectivity index (χ2n) is 5.11. The lowest BCUT2D eigenvalue weighted by Gasteiger charge is -2.13. The highest BCUT2D eigenvalue weighted by Crippen LogP contribution is 2.23. The van der Waals surface area contributed by atoms with Crippen LogP contribution in [-0.4, -0.2) is 46.0 Å². The fourth-order valence-electron chi connectivity index (χ4n) is 2.28. The quantitative estimate of drug-likeness (QED) is 0.739. The number of ether oxygens (including phenoxy) is 2. The number of hydrogen-bond donors (Lipinski definition) is 2. The Balaban J connectivity index is 2.01. The van der Waals surface area contributed by atoms with Crippen LogP contribution in [0.15, 0.2) is 18.2 Å². The lowest BCUT2D eigenvalue weighted by atomic mass is 10.1. The Kier molecular flexibility index (Phi) is 5.09. The van der Waals surface area contributed by atoms with E-state index in [-0.39, 0.29) is 23.5 Å². The summed E-state index contributed by atoms with van der Waals surface area (Å²) in [6, 6.07) is 4.68. The molecule has 1 aromatic rings. The summed E-state index contributed by atoms with van der Waals surface area (Å²) in [5, 5.41) is 0. The molecule has 1 fully saturated rings. The van der Waals surface area contributed by atoms with Crippen LogP contribution in [0.3, 0.4) is 0 Å². The van der Waals surface area contributed by atoms with Gasteiger partial charge in [0.1, 0.15) is 11.5 Å². The molecule has 0 bridgehead atoms. The zero-order chi connectivity index (χ0) is 17.0. The molecule has 2 amide bonds. The van der Waals surface area contributed by atoms with Crippen LogP contribution in [-0.2, 0) is 14.6 Å². The van der Waals surface area contributed by atoms with Crippen molar-refractivity contribution in [3.05, 3.63) is 23.8 Å². The molecule has 1 aromatic carbocycles. The first kappa shape index (κ1) is 17.1. The third kappa shape index (κ3) is 4.13. The third-order valence-electron chi connectivity index (χ3n) is 3.55. The second-order valence-corrected chi connectivity index (χ2v) is 7.34. The summed E-state index contributed by atoms with van der Waals surface area (Å²) in [6.45, 7) is 0. The minimum atomic E-state index is -3.16. The van der Waals surface area contributed by atoms with Gasteiger partial charge >= 0.3 is 0 Å². The van der Waals surface area contributed by atoms with E-state index in [0.717, 1.165) is 0 Å². The zero-order valence-electron chi connectivity index (χ0n) is 12.8. The molecule has 0 radical (unpaired) electrons. The molecule has 1 aliphatic rings. The summed E-state index contributed by atoms with van der Waals surface area (Å²) >= 11 is 0. The van der Waals surface area contributed by atoms with Crippen molar-refractivity contribution in [2.24, 2.45) is 5.92 Å². The van der Waals surface area contributed by atoms with Gasteiger partial charge < -0.3 is 9.47 Å². The molecule has 2 rings (SSSR count). The van der Waals surface area contributed by atoms with E-state index in [2.05, 4.69) is 10.9 Å². The average Bonchev–Trinajstić information content (AvgIpc) is 2.91. The monoisotopic (exact) mass is 342 g/mol. The van der Waals surface area contributed by atoms with Crippen LogP contribution in [0.1, 0.15) is 16.8 Å². The highest BCUT2D eigenvalue weighted by Gasteiger charge is 2.33. The highest BCUT2D eigenvalue weighted by atomic mass is 32.2. The smallest absolute Gasteiger partial charge is 0.273 e. The zero-order valence-corrected chi connectivity index (χ0v) is 13.6. The largest absolute Gasteiger partial charge is 0.497 e. The summed E-state index contributed by atoms with van der Waals surface area (Å²) in [6.07, 6.45) is 0.256. The van der Waals surface area contributed by atoms with Crippen molar-refractivity contribution in [1.29, 1.82) is 0 Å². The SMILES string of the molecule is COc1ccc(OC)c(C(=O)NNC(=O)[C@H]2CCS(=O)(=O)C2)c1. The van der Waals surface area contributed by atoms with E-state index in [1.807, 2.05) is 0 Å². The topological polar surface area (TPSA) is 111 Å². The van der Waals surface area contributed by atoms with Crippen molar-refractivity contribution in [3.63, 3.8) is 0 Å². The van der Waals surface area contributed by atoms with Gasteiger partial charge in [0, 0.05) is 0 Å². The van der Waals surface area contributed by atoms with Crippen LogP contribution in [0.2, 0.25) is 0 Å². The molecule has 1 aliphatic heterocycles.